The highest BCUT2D eigenvalue weighted by Gasteiger charge is 2.17. The number of aryl methyl sites for hydroxylation is 1. The van der Waals surface area contributed by atoms with E-state index >= 15 is 0 Å². The van der Waals surface area contributed by atoms with Crippen molar-refractivity contribution < 1.29 is 13.2 Å². The second-order valence-electron chi connectivity index (χ2n) is 5.13. The molecular weight excluding hydrogens is 310 g/mol. The van der Waals surface area contributed by atoms with Crippen molar-refractivity contribution in [1.82, 2.24) is 14.9 Å². The Morgan fingerprint density at radius 3 is 2.48 bits per heavy atom. The third kappa shape index (κ3) is 6.92. The van der Waals surface area contributed by atoms with E-state index in [9.17, 15) is 13.2 Å². The molecular formula is C13H23N3O3S2. The van der Waals surface area contributed by atoms with Gasteiger partial charge in [0.15, 0.2) is 0 Å². The fourth-order valence-electron chi connectivity index (χ4n) is 1.73. The lowest BCUT2D eigenvalue weighted by molar-refractivity contribution is 0.180. The molecule has 0 atom stereocenters. The lowest BCUT2D eigenvalue weighted by atomic mass is 10.3. The van der Waals surface area contributed by atoms with Gasteiger partial charge >= 0.3 is 6.03 Å². The number of hydrogen-bond acceptors (Lipinski definition) is 4. The molecule has 0 saturated heterocycles. The molecule has 0 spiro atoms. The van der Waals surface area contributed by atoms with Crippen LogP contribution in [0, 0.1) is 6.92 Å². The van der Waals surface area contributed by atoms with Crippen molar-refractivity contribution in [2.75, 3.05) is 19.3 Å². The van der Waals surface area contributed by atoms with Crippen LogP contribution in [0.2, 0.25) is 0 Å². The number of urea groups is 1. The van der Waals surface area contributed by atoms with Gasteiger partial charge in [-0.3, -0.25) is 0 Å². The van der Waals surface area contributed by atoms with Crippen LogP contribution in [0.5, 0.6) is 0 Å². The summed E-state index contributed by atoms with van der Waals surface area (Å²) >= 11 is 1.67. The third-order valence-corrected chi connectivity index (χ3v) is 4.49. The van der Waals surface area contributed by atoms with E-state index in [0.717, 1.165) is 11.1 Å². The van der Waals surface area contributed by atoms with E-state index in [0.29, 0.717) is 6.54 Å². The molecule has 2 amide bonds. The minimum absolute atomic E-state index is 0.0651. The SMILES string of the molecule is Cc1ccc(CN(C(=O)NCCNS(C)(=O)=O)C(C)C)s1. The second-order valence-corrected chi connectivity index (χ2v) is 8.34. The van der Waals surface area contributed by atoms with Crippen LogP contribution in [0.3, 0.4) is 0 Å². The predicted molar refractivity (Wildman–Crippen MR) is 86.0 cm³/mol. The number of carbonyl (C=O) groups excluding carboxylic acids is 1. The number of sulfonamides is 1. The molecule has 2 N–H and O–H groups in total. The van der Waals surface area contributed by atoms with Gasteiger partial charge in [0, 0.05) is 28.9 Å². The average Bonchev–Trinajstić information content (AvgIpc) is 2.75. The van der Waals surface area contributed by atoms with Gasteiger partial charge in [0.2, 0.25) is 10.0 Å². The summed E-state index contributed by atoms with van der Waals surface area (Å²) in [6, 6.07) is 3.93. The first-order valence-corrected chi connectivity index (χ1v) is 9.44. The molecule has 120 valence electrons. The van der Waals surface area contributed by atoms with Crippen LogP contribution >= 0.6 is 11.3 Å². The van der Waals surface area contributed by atoms with Gasteiger partial charge in [-0.2, -0.15) is 0 Å². The number of carbonyl (C=O) groups is 1. The summed E-state index contributed by atoms with van der Waals surface area (Å²) < 4.78 is 24.2. The van der Waals surface area contributed by atoms with Gasteiger partial charge in [-0.25, -0.2) is 17.9 Å². The number of thiophene rings is 1. The topological polar surface area (TPSA) is 78.5 Å². The lowest BCUT2D eigenvalue weighted by Crippen LogP contribution is -2.45. The summed E-state index contributed by atoms with van der Waals surface area (Å²) in [6.45, 7) is 6.95. The molecule has 0 bridgehead atoms. The maximum Gasteiger partial charge on any atom is 0.318 e. The zero-order valence-electron chi connectivity index (χ0n) is 12.8. The van der Waals surface area contributed by atoms with Gasteiger partial charge in [0.1, 0.15) is 0 Å². The summed E-state index contributed by atoms with van der Waals surface area (Å²) in [5, 5.41) is 2.73. The van der Waals surface area contributed by atoms with E-state index < -0.39 is 10.0 Å². The number of rotatable bonds is 7. The maximum atomic E-state index is 12.2. The fraction of sp³-hybridized carbons (Fsp3) is 0.615. The maximum absolute atomic E-state index is 12.2. The van der Waals surface area contributed by atoms with Crippen molar-refractivity contribution >= 4 is 27.4 Å². The Labute approximate surface area is 130 Å². The Balaban J connectivity index is 2.50. The van der Waals surface area contributed by atoms with Crippen LogP contribution in [0.25, 0.3) is 0 Å². The Morgan fingerprint density at radius 2 is 2.00 bits per heavy atom. The molecule has 1 aromatic rings. The lowest BCUT2D eigenvalue weighted by Gasteiger charge is -2.26. The first kappa shape index (κ1) is 17.9. The van der Waals surface area contributed by atoms with E-state index in [1.54, 1.807) is 16.2 Å². The van der Waals surface area contributed by atoms with E-state index in [1.165, 1.54) is 4.88 Å². The standard InChI is InChI=1S/C13H23N3O3S2/c1-10(2)16(9-12-6-5-11(3)20-12)13(17)14-7-8-15-21(4,18)19/h5-6,10,15H,7-9H2,1-4H3,(H,14,17). The largest absolute Gasteiger partial charge is 0.337 e. The molecule has 1 heterocycles. The van der Waals surface area contributed by atoms with Crippen molar-refractivity contribution in [2.45, 2.75) is 33.4 Å². The van der Waals surface area contributed by atoms with Crippen LogP contribution in [-0.2, 0) is 16.6 Å². The Kier molecular flexibility index (Phi) is 6.63. The highest BCUT2D eigenvalue weighted by atomic mass is 32.2. The molecule has 0 aliphatic rings. The first-order chi connectivity index (χ1) is 9.69. The molecule has 0 radical (unpaired) electrons. The minimum atomic E-state index is -3.22. The minimum Gasteiger partial charge on any atom is -0.337 e. The van der Waals surface area contributed by atoms with Crippen LogP contribution in [0.4, 0.5) is 4.79 Å². The number of amides is 2. The zero-order chi connectivity index (χ0) is 16.0. The molecule has 0 unspecified atom stereocenters. The van der Waals surface area contributed by atoms with E-state index in [-0.39, 0.29) is 25.2 Å². The highest BCUT2D eigenvalue weighted by molar-refractivity contribution is 7.88. The number of hydrogen-bond donors (Lipinski definition) is 2. The summed E-state index contributed by atoms with van der Waals surface area (Å²) in [6.07, 6.45) is 1.09. The van der Waals surface area contributed by atoms with E-state index in [1.807, 2.05) is 32.9 Å². The van der Waals surface area contributed by atoms with Crippen LogP contribution < -0.4 is 10.0 Å². The predicted octanol–water partition coefficient (Wildman–Crippen LogP) is 1.53. The van der Waals surface area contributed by atoms with Gasteiger partial charge in [0.25, 0.3) is 0 Å². The molecule has 6 nitrogen and oxygen atoms in total. The summed E-state index contributed by atoms with van der Waals surface area (Å²) in [7, 11) is -3.22. The fourth-order valence-corrected chi connectivity index (χ4v) is 3.10. The summed E-state index contributed by atoms with van der Waals surface area (Å²) in [5.41, 5.74) is 0. The smallest absolute Gasteiger partial charge is 0.318 e. The van der Waals surface area contributed by atoms with E-state index in [4.69, 9.17) is 0 Å². The van der Waals surface area contributed by atoms with Crippen molar-refractivity contribution in [3.63, 3.8) is 0 Å². The van der Waals surface area contributed by atoms with Crippen molar-refractivity contribution in [3.05, 3.63) is 21.9 Å². The molecule has 0 saturated carbocycles. The van der Waals surface area contributed by atoms with Crippen LogP contribution in [0.15, 0.2) is 12.1 Å². The Morgan fingerprint density at radius 1 is 1.33 bits per heavy atom. The Hall–Kier alpha value is -1.12. The summed E-state index contributed by atoms with van der Waals surface area (Å²) in [5.74, 6) is 0. The molecule has 0 fully saturated rings. The van der Waals surface area contributed by atoms with Crippen LogP contribution in [0.1, 0.15) is 23.6 Å². The molecule has 8 heteroatoms. The van der Waals surface area contributed by atoms with Gasteiger partial charge < -0.3 is 10.2 Å². The quantitative estimate of drug-likeness (QED) is 0.743. The van der Waals surface area contributed by atoms with Gasteiger partial charge in [-0.15, -0.1) is 11.3 Å². The number of nitrogens with zero attached hydrogens (tertiary/aromatic N) is 1. The molecule has 0 aromatic carbocycles. The van der Waals surface area contributed by atoms with Crippen molar-refractivity contribution in [1.29, 1.82) is 0 Å². The van der Waals surface area contributed by atoms with Gasteiger partial charge in [-0.05, 0) is 32.9 Å². The zero-order valence-corrected chi connectivity index (χ0v) is 14.5. The molecule has 0 aliphatic carbocycles. The second kappa shape index (κ2) is 7.77. The molecule has 21 heavy (non-hydrogen) atoms. The number of nitrogens with one attached hydrogen (secondary N) is 2. The van der Waals surface area contributed by atoms with Crippen LogP contribution in [-0.4, -0.2) is 44.7 Å². The monoisotopic (exact) mass is 333 g/mol. The van der Waals surface area contributed by atoms with Crippen molar-refractivity contribution in [3.8, 4) is 0 Å². The Bertz CT molecular complexity index is 567. The summed E-state index contributed by atoms with van der Waals surface area (Å²) in [4.78, 5) is 16.2. The van der Waals surface area contributed by atoms with Crippen molar-refractivity contribution in [2.24, 2.45) is 0 Å². The third-order valence-electron chi connectivity index (χ3n) is 2.77. The molecule has 1 rings (SSSR count). The van der Waals surface area contributed by atoms with Gasteiger partial charge in [-0.1, -0.05) is 0 Å². The van der Waals surface area contributed by atoms with Gasteiger partial charge in [0.05, 0.1) is 12.8 Å². The van der Waals surface area contributed by atoms with E-state index in [2.05, 4.69) is 10.0 Å². The first-order valence-electron chi connectivity index (χ1n) is 6.73. The molecule has 1 aromatic heterocycles. The molecule has 0 aliphatic heterocycles. The highest BCUT2D eigenvalue weighted by Crippen LogP contribution is 2.18. The normalized spacial score (nSPS) is 11.7. The average molecular weight is 333 g/mol.